The van der Waals surface area contributed by atoms with E-state index in [1.54, 1.807) is 7.11 Å². The van der Waals surface area contributed by atoms with Crippen LogP contribution in [0.2, 0.25) is 0 Å². The molecule has 0 saturated carbocycles. The van der Waals surface area contributed by atoms with E-state index < -0.39 is 0 Å². The van der Waals surface area contributed by atoms with E-state index in [-0.39, 0.29) is 24.9 Å². The number of benzene rings is 1. The van der Waals surface area contributed by atoms with Crippen molar-refractivity contribution in [2.24, 2.45) is 0 Å². The number of nitrogens with zero attached hydrogens (tertiary/aromatic N) is 1. The molecule has 23 heavy (non-hydrogen) atoms. The van der Waals surface area contributed by atoms with Gasteiger partial charge in [-0.05, 0) is 44.5 Å². The van der Waals surface area contributed by atoms with Crippen LogP contribution in [0.1, 0.15) is 26.2 Å². The molecule has 0 aromatic heterocycles. The number of para-hydroxylation sites is 2. The van der Waals surface area contributed by atoms with Crippen LogP contribution in [0, 0.1) is 0 Å². The Bertz CT molecular complexity index is 479. The smallest absolute Gasteiger partial charge is 0.260 e. The molecule has 0 bridgehead atoms. The summed E-state index contributed by atoms with van der Waals surface area (Å²) in [7, 11) is 1.60. The molecule has 1 aromatic carbocycles. The fraction of sp³-hybridized carbons (Fsp3) is 0.588. The zero-order valence-electron chi connectivity index (χ0n) is 13.9. The number of piperidine rings is 1. The third-order valence-electron chi connectivity index (χ3n) is 3.95. The van der Waals surface area contributed by atoms with Gasteiger partial charge in [0.05, 0.1) is 7.11 Å². The van der Waals surface area contributed by atoms with Crippen molar-refractivity contribution in [1.82, 2.24) is 10.2 Å². The van der Waals surface area contributed by atoms with E-state index in [2.05, 4.69) is 12.2 Å². The first-order valence-corrected chi connectivity index (χ1v) is 8.02. The van der Waals surface area contributed by atoms with E-state index in [4.69, 9.17) is 9.47 Å². The van der Waals surface area contributed by atoms with E-state index in [0.717, 1.165) is 38.9 Å². The topological polar surface area (TPSA) is 50.8 Å². The van der Waals surface area contributed by atoms with E-state index in [9.17, 15) is 4.79 Å². The normalized spacial score (nSPS) is 14.7. The number of hydrogen-bond donors (Lipinski definition) is 1. The van der Waals surface area contributed by atoms with Crippen molar-refractivity contribution in [3.05, 3.63) is 24.3 Å². The Morgan fingerprint density at radius 3 is 2.52 bits per heavy atom. The fourth-order valence-electron chi connectivity index (χ4n) is 2.83. The van der Waals surface area contributed by atoms with E-state index in [1.807, 2.05) is 29.2 Å². The minimum absolute atomic E-state index is 0. The zero-order valence-corrected chi connectivity index (χ0v) is 14.7. The summed E-state index contributed by atoms with van der Waals surface area (Å²) >= 11 is 0. The lowest BCUT2D eigenvalue weighted by atomic mass is 10.0. The summed E-state index contributed by atoms with van der Waals surface area (Å²) in [5, 5.41) is 3.34. The molecule has 6 heteroatoms. The molecule has 130 valence electrons. The Hall–Kier alpha value is -1.46. The molecule has 0 aliphatic carbocycles. The SMILES string of the molecule is CCCN(C(=O)COc1ccccc1OC)C1CCNCC1.Cl. The summed E-state index contributed by atoms with van der Waals surface area (Å²) in [5.74, 6) is 1.32. The molecule has 0 spiro atoms. The van der Waals surface area contributed by atoms with Gasteiger partial charge in [-0.2, -0.15) is 0 Å². The molecular weight excluding hydrogens is 316 g/mol. The Labute approximate surface area is 144 Å². The second-order valence-corrected chi connectivity index (χ2v) is 5.51. The Balaban J connectivity index is 0.00000264. The highest BCUT2D eigenvalue weighted by atomic mass is 35.5. The maximum absolute atomic E-state index is 12.5. The number of amides is 1. The van der Waals surface area contributed by atoms with Crippen molar-refractivity contribution >= 4 is 18.3 Å². The monoisotopic (exact) mass is 342 g/mol. The number of hydrogen-bond acceptors (Lipinski definition) is 4. The largest absolute Gasteiger partial charge is 0.493 e. The van der Waals surface area contributed by atoms with Crippen LogP contribution in [-0.2, 0) is 4.79 Å². The molecule has 0 atom stereocenters. The molecule has 5 nitrogen and oxygen atoms in total. The third kappa shape index (κ3) is 5.59. The van der Waals surface area contributed by atoms with Crippen LogP contribution in [0.25, 0.3) is 0 Å². The van der Waals surface area contributed by atoms with Crippen LogP contribution in [-0.4, -0.2) is 50.2 Å². The lowest BCUT2D eigenvalue weighted by Crippen LogP contribution is -2.48. The first-order valence-electron chi connectivity index (χ1n) is 8.02. The average molecular weight is 343 g/mol. The van der Waals surface area contributed by atoms with Gasteiger partial charge in [0.15, 0.2) is 18.1 Å². The molecule has 1 aromatic rings. The van der Waals surface area contributed by atoms with E-state index in [1.165, 1.54) is 0 Å². The van der Waals surface area contributed by atoms with E-state index >= 15 is 0 Å². The van der Waals surface area contributed by atoms with Crippen LogP contribution in [0.15, 0.2) is 24.3 Å². The van der Waals surface area contributed by atoms with Crippen molar-refractivity contribution in [2.75, 3.05) is 33.4 Å². The maximum Gasteiger partial charge on any atom is 0.260 e. The van der Waals surface area contributed by atoms with Gasteiger partial charge < -0.3 is 19.7 Å². The standard InChI is InChI=1S/C17H26N2O3.ClH/c1-3-12-19(14-8-10-18-11-9-14)17(20)13-22-16-7-5-4-6-15(16)21-2;/h4-7,14,18H,3,8-13H2,1-2H3;1H. The van der Waals surface area contributed by atoms with Crippen molar-refractivity contribution in [3.8, 4) is 11.5 Å². The van der Waals surface area contributed by atoms with Crippen LogP contribution in [0.3, 0.4) is 0 Å². The van der Waals surface area contributed by atoms with Crippen molar-refractivity contribution in [3.63, 3.8) is 0 Å². The maximum atomic E-state index is 12.5. The van der Waals surface area contributed by atoms with Gasteiger partial charge in [-0.15, -0.1) is 12.4 Å². The highest BCUT2D eigenvalue weighted by Gasteiger charge is 2.25. The molecule has 1 amide bonds. The second-order valence-electron chi connectivity index (χ2n) is 5.51. The zero-order chi connectivity index (χ0) is 15.8. The number of nitrogens with one attached hydrogen (secondary N) is 1. The minimum Gasteiger partial charge on any atom is -0.493 e. The van der Waals surface area contributed by atoms with Gasteiger partial charge in [0.1, 0.15) is 0 Å². The van der Waals surface area contributed by atoms with Crippen LogP contribution in [0.5, 0.6) is 11.5 Å². The van der Waals surface area contributed by atoms with Gasteiger partial charge in [0.2, 0.25) is 0 Å². The molecule has 1 fully saturated rings. The Kier molecular flexibility index (Phi) is 8.81. The predicted octanol–water partition coefficient (Wildman–Crippen LogP) is 2.49. The Morgan fingerprint density at radius 1 is 1.26 bits per heavy atom. The fourth-order valence-corrected chi connectivity index (χ4v) is 2.83. The number of methoxy groups -OCH3 is 1. The summed E-state index contributed by atoms with van der Waals surface area (Å²) in [6, 6.07) is 7.73. The Morgan fingerprint density at radius 2 is 1.91 bits per heavy atom. The molecule has 1 saturated heterocycles. The molecule has 1 N–H and O–H groups in total. The molecule has 1 aliphatic heterocycles. The van der Waals surface area contributed by atoms with Crippen LogP contribution < -0.4 is 14.8 Å². The van der Waals surface area contributed by atoms with Gasteiger partial charge in [-0.25, -0.2) is 0 Å². The lowest BCUT2D eigenvalue weighted by Gasteiger charge is -2.34. The van der Waals surface area contributed by atoms with Crippen molar-refractivity contribution < 1.29 is 14.3 Å². The van der Waals surface area contributed by atoms with Gasteiger partial charge in [-0.1, -0.05) is 19.1 Å². The van der Waals surface area contributed by atoms with Gasteiger partial charge in [0, 0.05) is 12.6 Å². The summed E-state index contributed by atoms with van der Waals surface area (Å²) in [5.41, 5.74) is 0. The number of carbonyl (C=O) groups excluding carboxylic acids is 1. The summed E-state index contributed by atoms with van der Waals surface area (Å²) < 4.78 is 10.9. The minimum atomic E-state index is 0. The second kappa shape index (κ2) is 10.3. The highest BCUT2D eigenvalue weighted by molar-refractivity contribution is 5.85. The lowest BCUT2D eigenvalue weighted by molar-refractivity contribution is -0.136. The molecule has 1 aliphatic rings. The third-order valence-corrected chi connectivity index (χ3v) is 3.95. The number of halogens is 1. The van der Waals surface area contributed by atoms with Crippen LogP contribution in [0.4, 0.5) is 0 Å². The average Bonchev–Trinajstić information content (AvgIpc) is 2.58. The molecule has 2 rings (SSSR count). The number of rotatable bonds is 7. The molecule has 0 radical (unpaired) electrons. The number of carbonyl (C=O) groups is 1. The van der Waals surface area contributed by atoms with Gasteiger partial charge in [0.25, 0.3) is 5.91 Å². The van der Waals surface area contributed by atoms with Gasteiger partial charge in [-0.3, -0.25) is 4.79 Å². The quantitative estimate of drug-likeness (QED) is 0.827. The molecule has 0 unspecified atom stereocenters. The predicted molar refractivity (Wildman–Crippen MR) is 93.6 cm³/mol. The van der Waals surface area contributed by atoms with Crippen LogP contribution >= 0.6 is 12.4 Å². The summed E-state index contributed by atoms with van der Waals surface area (Å²) in [6.07, 6.45) is 2.99. The number of ether oxygens (including phenoxy) is 2. The molecular formula is C17H27ClN2O3. The van der Waals surface area contributed by atoms with Crippen molar-refractivity contribution in [1.29, 1.82) is 0 Å². The first-order chi connectivity index (χ1) is 10.8. The van der Waals surface area contributed by atoms with Gasteiger partial charge >= 0.3 is 0 Å². The summed E-state index contributed by atoms with van der Waals surface area (Å²) in [6.45, 7) is 4.91. The molecule has 1 heterocycles. The summed E-state index contributed by atoms with van der Waals surface area (Å²) in [4.78, 5) is 14.5. The van der Waals surface area contributed by atoms with Crippen molar-refractivity contribution in [2.45, 2.75) is 32.2 Å². The first kappa shape index (κ1) is 19.6. The van der Waals surface area contributed by atoms with E-state index in [0.29, 0.717) is 17.5 Å². The highest BCUT2D eigenvalue weighted by Crippen LogP contribution is 2.25.